The van der Waals surface area contributed by atoms with E-state index >= 15 is 0 Å². The minimum Gasteiger partial charge on any atom is -0.478 e. The molecule has 1 aromatic carbocycles. The van der Waals surface area contributed by atoms with Crippen LogP contribution in [0, 0.1) is 0 Å². The lowest BCUT2D eigenvalue weighted by Crippen LogP contribution is -2.14. The molecule has 3 rings (SSSR count). The number of fused-ring (bicyclic) bond motifs is 1. The molecule has 1 aliphatic rings. The second-order valence-electron chi connectivity index (χ2n) is 4.63. The van der Waals surface area contributed by atoms with E-state index < -0.39 is 5.97 Å². The van der Waals surface area contributed by atoms with Crippen molar-refractivity contribution in [2.75, 3.05) is 0 Å². The second-order valence-corrected chi connectivity index (χ2v) is 6.03. The molecule has 0 amide bonds. The number of thiophene rings is 1. The van der Waals surface area contributed by atoms with Crippen molar-refractivity contribution in [2.24, 2.45) is 0 Å². The van der Waals surface area contributed by atoms with Gasteiger partial charge >= 0.3 is 5.97 Å². The van der Waals surface area contributed by atoms with E-state index in [1.165, 1.54) is 5.56 Å². The van der Waals surface area contributed by atoms with Crippen LogP contribution in [0.5, 0.6) is 0 Å². The molecule has 0 fully saturated rings. The maximum absolute atomic E-state index is 11.0. The van der Waals surface area contributed by atoms with Gasteiger partial charge in [-0.1, -0.05) is 17.7 Å². The van der Waals surface area contributed by atoms with Crippen molar-refractivity contribution in [1.82, 2.24) is 4.90 Å². The number of carboxylic acid groups (broad SMARTS) is 1. The highest BCUT2D eigenvalue weighted by molar-refractivity contribution is 7.10. The van der Waals surface area contributed by atoms with Crippen LogP contribution < -0.4 is 0 Å². The highest BCUT2D eigenvalue weighted by Gasteiger charge is 2.21. The lowest BCUT2D eigenvalue weighted by atomic mass is 10.1. The molecule has 0 atom stereocenters. The molecule has 0 radical (unpaired) electrons. The number of halogens is 1. The maximum Gasteiger partial charge on any atom is 0.335 e. The van der Waals surface area contributed by atoms with Crippen LogP contribution >= 0.6 is 22.9 Å². The normalized spacial score (nSPS) is 14.6. The minimum atomic E-state index is -0.873. The molecule has 0 spiro atoms. The van der Waals surface area contributed by atoms with E-state index in [0.717, 1.165) is 35.1 Å². The van der Waals surface area contributed by atoms with E-state index in [1.54, 1.807) is 23.5 Å². The van der Waals surface area contributed by atoms with Crippen LogP contribution in [0.2, 0.25) is 5.02 Å². The first-order valence-corrected chi connectivity index (χ1v) is 7.18. The van der Waals surface area contributed by atoms with Gasteiger partial charge in [0, 0.05) is 24.5 Å². The molecule has 1 N–H and O–H groups in total. The van der Waals surface area contributed by atoms with Crippen molar-refractivity contribution >= 4 is 28.9 Å². The number of carboxylic acids is 1. The first-order chi connectivity index (χ1) is 9.13. The third-order valence-electron chi connectivity index (χ3n) is 3.30. The molecule has 5 heteroatoms. The summed E-state index contributed by atoms with van der Waals surface area (Å²) in [5, 5.41) is 11.8. The monoisotopic (exact) mass is 293 g/mol. The Labute approximate surface area is 120 Å². The molecule has 0 bridgehead atoms. The van der Waals surface area contributed by atoms with Crippen molar-refractivity contribution in [1.29, 1.82) is 0 Å². The average Bonchev–Trinajstić information content (AvgIpc) is 2.95. The Bertz CT molecular complexity index is 638. The molecule has 0 unspecified atom stereocenters. The van der Waals surface area contributed by atoms with Gasteiger partial charge in [0.2, 0.25) is 0 Å². The van der Waals surface area contributed by atoms with Crippen molar-refractivity contribution in [3.05, 3.63) is 56.2 Å². The molecule has 1 aliphatic heterocycles. The fraction of sp³-hybridized carbons (Fsp3) is 0.214. The summed E-state index contributed by atoms with van der Waals surface area (Å²) >= 11 is 7.76. The lowest BCUT2D eigenvalue weighted by molar-refractivity contribution is 0.0696. The van der Waals surface area contributed by atoms with Crippen molar-refractivity contribution in [3.63, 3.8) is 0 Å². The number of nitrogens with zero attached hydrogens (tertiary/aromatic N) is 1. The van der Waals surface area contributed by atoms with Gasteiger partial charge in [0.1, 0.15) is 0 Å². The topological polar surface area (TPSA) is 40.5 Å². The van der Waals surface area contributed by atoms with Crippen LogP contribution in [0.15, 0.2) is 29.6 Å². The van der Waals surface area contributed by atoms with Crippen LogP contribution in [0.25, 0.3) is 0 Å². The summed E-state index contributed by atoms with van der Waals surface area (Å²) in [5.41, 5.74) is 2.67. The fourth-order valence-electron chi connectivity index (χ4n) is 2.35. The van der Waals surface area contributed by atoms with E-state index in [-0.39, 0.29) is 0 Å². The molecule has 0 aliphatic carbocycles. The highest BCUT2D eigenvalue weighted by Crippen LogP contribution is 2.29. The molecule has 19 heavy (non-hydrogen) atoms. The lowest BCUT2D eigenvalue weighted by Gasteiger charge is -2.13. The Balaban J connectivity index is 1.77. The summed E-state index contributed by atoms with van der Waals surface area (Å²) in [5.74, 6) is -0.873. The number of carbonyl (C=O) groups is 1. The van der Waals surface area contributed by atoms with Gasteiger partial charge in [0.25, 0.3) is 0 Å². The molecule has 98 valence electrons. The van der Waals surface area contributed by atoms with Crippen molar-refractivity contribution < 1.29 is 9.90 Å². The van der Waals surface area contributed by atoms with E-state index in [9.17, 15) is 4.79 Å². The van der Waals surface area contributed by atoms with Crippen LogP contribution in [0.3, 0.4) is 0 Å². The molecule has 2 heterocycles. The Morgan fingerprint density at radius 3 is 2.79 bits per heavy atom. The minimum absolute atomic E-state index is 0.356. The number of hydrogen-bond acceptors (Lipinski definition) is 3. The maximum atomic E-state index is 11.0. The van der Waals surface area contributed by atoms with Crippen molar-refractivity contribution in [2.45, 2.75) is 19.6 Å². The van der Waals surface area contributed by atoms with E-state index in [0.29, 0.717) is 5.56 Å². The van der Waals surface area contributed by atoms with E-state index in [1.807, 2.05) is 17.5 Å². The summed E-state index contributed by atoms with van der Waals surface area (Å²) in [6.45, 7) is 2.45. The summed E-state index contributed by atoms with van der Waals surface area (Å²) < 4.78 is 0. The smallest absolute Gasteiger partial charge is 0.335 e. The molecule has 1 aromatic heterocycles. The van der Waals surface area contributed by atoms with E-state index in [4.69, 9.17) is 16.7 Å². The zero-order valence-electron chi connectivity index (χ0n) is 10.1. The predicted molar refractivity (Wildman–Crippen MR) is 75.7 cm³/mol. The number of aromatic carboxylic acids is 1. The zero-order chi connectivity index (χ0) is 13.4. The average molecular weight is 294 g/mol. The van der Waals surface area contributed by atoms with Crippen molar-refractivity contribution in [3.8, 4) is 0 Å². The van der Waals surface area contributed by atoms with Gasteiger partial charge in [-0.05, 0) is 34.7 Å². The first-order valence-electron chi connectivity index (χ1n) is 5.93. The molecule has 3 nitrogen and oxygen atoms in total. The fourth-order valence-corrected chi connectivity index (χ4v) is 3.49. The van der Waals surface area contributed by atoms with Gasteiger partial charge in [0.05, 0.1) is 10.6 Å². The van der Waals surface area contributed by atoms with Gasteiger partial charge in [0.15, 0.2) is 0 Å². The summed E-state index contributed by atoms with van der Waals surface area (Å²) in [6, 6.07) is 7.26. The van der Waals surface area contributed by atoms with Gasteiger partial charge < -0.3 is 5.11 Å². The number of rotatable bonds is 3. The zero-order valence-corrected chi connectivity index (χ0v) is 11.7. The van der Waals surface area contributed by atoms with Gasteiger partial charge in [-0.25, -0.2) is 4.79 Å². The Kier molecular flexibility index (Phi) is 3.31. The SMILES string of the molecule is O=C(O)c1ccc2c(c1)CN(Cc1sccc1Cl)C2. The Hall–Kier alpha value is -1.36. The molecule has 0 saturated heterocycles. The summed E-state index contributed by atoms with van der Waals surface area (Å²) in [6.07, 6.45) is 0. The number of benzene rings is 1. The first kappa shape index (κ1) is 12.7. The van der Waals surface area contributed by atoms with Crippen LogP contribution in [-0.2, 0) is 19.6 Å². The van der Waals surface area contributed by atoms with Gasteiger partial charge in [-0.15, -0.1) is 11.3 Å². The molecular weight excluding hydrogens is 282 g/mol. The summed E-state index contributed by atoms with van der Waals surface area (Å²) in [4.78, 5) is 14.4. The highest BCUT2D eigenvalue weighted by atomic mass is 35.5. The third-order valence-corrected chi connectivity index (χ3v) is 4.67. The van der Waals surface area contributed by atoms with Crippen LogP contribution in [0.4, 0.5) is 0 Å². The van der Waals surface area contributed by atoms with Gasteiger partial charge in [-0.2, -0.15) is 0 Å². The van der Waals surface area contributed by atoms with Gasteiger partial charge in [-0.3, -0.25) is 4.90 Å². The summed E-state index contributed by atoms with van der Waals surface area (Å²) in [7, 11) is 0. The quantitative estimate of drug-likeness (QED) is 0.940. The Morgan fingerprint density at radius 1 is 1.32 bits per heavy atom. The predicted octanol–water partition coefficient (Wildman–Crippen LogP) is 3.62. The van der Waals surface area contributed by atoms with E-state index in [2.05, 4.69) is 4.90 Å². The number of hydrogen-bond donors (Lipinski definition) is 1. The largest absolute Gasteiger partial charge is 0.478 e. The molecular formula is C14H12ClNO2S. The van der Waals surface area contributed by atoms with Crippen LogP contribution in [0.1, 0.15) is 26.4 Å². The standard InChI is InChI=1S/C14H12ClNO2S/c15-12-3-4-19-13(12)8-16-6-10-2-1-9(14(17)18)5-11(10)7-16/h1-5H,6-8H2,(H,17,18). The third kappa shape index (κ3) is 2.52. The Morgan fingerprint density at radius 2 is 2.11 bits per heavy atom. The second kappa shape index (κ2) is 4.96. The molecule has 2 aromatic rings. The van der Waals surface area contributed by atoms with Crippen LogP contribution in [-0.4, -0.2) is 16.0 Å². The molecule has 0 saturated carbocycles.